The van der Waals surface area contributed by atoms with Crippen LogP contribution in [0, 0.1) is 0 Å². The fourth-order valence-electron chi connectivity index (χ4n) is 2.79. The molecule has 1 fully saturated rings. The summed E-state index contributed by atoms with van der Waals surface area (Å²) in [6.45, 7) is 6.99. The van der Waals surface area contributed by atoms with Crippen molar-refractivity contribution in [1.29, 1.82) is 0 Å². The molecule has 1 aromatic heterocycles. The Morgan fingerprint density at radius 2 is 2.14 bits per heavy atom. The minimum atomic E-state index is 0.112. The van der Waals surface area contributed by atoms with Gasteiger partial charge in [-0.3, -0.25) is 9.69 Å². The highest BCUT2D eigenvalue weighted by Gasteiger charge is 2.22. The van der Waals surface area contributed by atoms with Gasteiger partial charge in [-0.1, -0.05) is 6.92 Å². The number of likely N-dealkylation sites (N-methyl/N-ethyl adjacent to an activating group) is 1. The largest absolute Gasteiger partial charge is 0.358 e. The molecule has 0 spiro atoms. The van der Waals surface area contributed by atoms with Gasteiger partial charge >= 0.3 is 0 Å². The van der Waals surface area contributed by atoms with Crippen LogP contribution in [0.5, 0.6) is 0 Å². The molecule has 0 radical (unpaired) electrons. The zero-order valence-corrected chi connectivity index (χ0v) is 14.1. The van der Waals surface area contributed by atoms with Gasteiger partial charge in [0.2, 0.25) is 5.91 Å². The van der Waals surface area contributed by atoms with Gasteiger partial charge in [0.05, 0.1) is 6.54 Å². The van der Waals surface area contributed by atoms with Gasteiger partial charge in [0.1, 0.15) is 0 Å². The number of nitrogens with one attached hydrogen (secondary N) is 2. The standard InChI is InChI=1S/C16H27N3OS/c1-4-14-5-6-15(21-14)12(2)18-13-7-9-19(10-8-13)11-16(20)17-3/h5-6,12-13,18H,4,7-11H2,1-3H3,(H,17,20). The molecular formula is C16H27N3OS. The highest BCUT2D eigenvalue weighted by molar-refractivity contribution is 7.12. The highest BCUT2D eigenvalue weighted by Crippen LogP contribution is 2.25. The van der Waals surface area contributed by atoms with E-state index in [9.17, 15) is 4.79 Å². The average Bonchev–Trinajstić information content (AvgIpc) is 2.98. The third-order valence-electron chi connectivity index (χ3n) is 4.18. The van der Waals surface area contributed by atoms with Crippen molar-refractivity contribution in [3.63, 3.8) is 0 Å². The average molecular weight is 309 g/mol. The molecule has 2 rings (SSSR count). The Morgan fingerprint density at radius 3 is 2.71 bits per heavy atom. The van der Waals surface area contributed by atoms with Gasteiger partial charge in [0.25, 0.3) is 0 Å². The molecule has 1 saturated heterocycles. The number of hydrogen-bond acceptors (Lipinski definition) is 4. The minimum Gasteiger partial charge on any atom is -0.358 e. The number of aryl methyl sites for hydroxylation is 1. The lowest BCUT2D eigenvalue weighted by atomic mass is 10.0. The maximum Gasteiger partial charge on any atom is 0.233 e. The van der Waals surface area contributed by atoms with Gasteiger partial charge in [-0.2, -0.15) is 0 Å². The van der Waals surface area contributed by atoms with E-state index in [1.165, 1.54) is 9.75 Å². The number of carbonyl (C=O) groups is 1. The number of amides is 1. The van der Waals surface area contributed by atoms with E-state index < -0.39 is 0 Å². The maximum absolute atomic E-state index is 11.4. The summed E-state index contributed by atoms with van der Waals surface area (Å²) in [6, 6.07) is 5.48. The SMILES string of the molecule is CCc1ccc(C(C)NC2CCN(CC(=O)NC)CC2)s1. The van der Waals surface area contributed by atoms with Crippen LogP contribution in [0.1, 0.15) is 42.5 Å². The Bertz CT molecular complexity index is 452. The predicted molar refractivity (Wildman–Crippen MR) is 88.8 cm³/mol. The van der Waals surface area contributed by atoms with Crippen LogP contribution in [0.2, 0.25) is 0 Å². The summed E-state index contributed by atoms with van der Waals surface area (Å²) in [7, 11) is 1.70. The molecule has 2 N–H and O–H groups in total. The molecule has 1 atom stereocenters. The Labute approximate surface area is 131 Å². The van der Waals surface area contributed by atoms with Crippen molar-refractivity contribution in [2.24, 2.45) is 0 Å². The monoisotopic (exact) mass is 309 g/mol. The van der Waals surface area contributed by atoms with Crippen LogP contribution in [0.15, 0.2) is 12.1 Å². The number of nitrogens with zero attached hydrogens (tertiary/aromatic N) is 1. The molecule has 2 heterocycles. The van der Waals surface area contributed by atoms with Gasteiger partial charge in [0.15, 0.2) is 0 Å². The summed E-state index contributed by atoms with van der Waals surface area (Å²) in [5.41, 5.74) is 0. The Morgan fingerprint density at radius 1 is 1.43 bits per heavy atom. The van der Waals surface area contributed by atoms with Crippen LogP contribution in [-0.4, -0.2) is 43.5 Å². The molecule has 1 aliphatic heterocycles. The van der Waals surface area contributed by atoms with E-state index in [2.05, 4.69) is 41.5 Å². The Hall–Kier alpha value is -0.910. The molecule has 0 bridgehead atoms. The number of thiophene rings is 1. The fourth-order valence-corrected chi connectivity index (χ4v) is 3.76. The first-order chi connectivity index (χ1) is 10.1. The van der Waals surface area contributed by atoms with Gasteiger partial charge in [0, 0.05) is 42.0 Å². The molecule has 0 aliphatic carbocycles. The Balaban J connectivity index is 1.76. The van der Waals surface area contributed by atoms with E-state index in [0.717, 1.165) is 32.4 Å². The molecule has 1 aromatic rings. The molecule has 0 aromatic carbocycles. The van der Waals surface area contributed by atoms with E-state index in [-0.39, 0.29) is 5.91 Å². The molecule has 5 heteroatoms. The summed E-state index contributed by atoms with van der Waals surface area (Å²) in [5.74, 6) is 0.112. The minimum absolute atomic E-state index is 0.112. The molecule has 21 heavy (non-hydrogen) atoms. The third-order valence-corrected chi connectivity index (χ3v) is 5.59. The number of likely N-dealkylation sites (tertiary alicyclic amines) is 1. The summed E-state index contributed by atoms with van der Waals surface area (Å²) >= 11 is 1.92. The lowest BCUT2D eigenvalue weighted by Crippen LogP contribution is -2.46. The topological polar surface area (TPSA) is 44.4 Å². The summed E-state index contributed by atoms with van der Waals surface area (Å²) < 4.78 is 0. The van der Waals surface area contributed by atoms with Crippen LogP contribution >= 0.6 is 11.3 Å². The Kier molecular flexibility index (Phi) is 6.21. The number of carbonyl (C=O) groups excluding carboxylic acids is 1. The van der Waals surface area contributed by atoms with E-state index in [4.69, 9.17) is 0 Å². The van der Waals surface area contributed by atoms with Crippen molar-refractivity contribution in [2.45, 2.75) is 45.2 Å². The van der Waals surface area contributed by atoms with Crippen LogP contribution in [0.4, 0.5) is 0 Å². The molecule has 1 aliphatic rings. The first kappa shape index (κ1) is 16.5. The molecular weight excluding hydrogens is 282 g/mol. The van der Waals surface area contributed by atoms with Gasteiger partial charge in [-0.25, -0.2) is 0 Å². The molecule has 0 saturated carbocycles. The van der Waals surface area contributed by atoms with E-state index in [1.807, 2.05) is 11.3 Å². The second-order valence-electron chi connectivity index (χ2n) is 5.77. The highest BCUT2D eigenvalue weighted by atomic mass is 32.1. The van der Waals surface area contributed by atoms with E-state index in [0.29, 0.717) is 18.6 Å². The summed E-state index contributed by atoms with van der Waals surface area (Å²) in [6.07, 6.45) is 3.36. The summed E-state index contributed by atoms with van der Waals surface area (Å²) in [4.78, 5) is 16.5. The lowest BCUT2D eigenvalue weighted by molar-refractivity contribution is -0.122. The first-order valence-corrected chi connectivity index (χ1v) is 8.71. The lowest BCUT2D eigenvalue weighted by Gasteiger charge is -2.33. The van der Waals surface area contributed by atoms with Gasteiger partial charge < -0.3 is 10.6 Å². The number of hydrogen-bond donors (Lipinski definition) is 2. The second-order valence-corrected chi connectivity index (χ2v) is 6.97. The van der Waals surface area contributed by atoms with Crippen molar-refractivity contribution < 1.29 is 4.79 Å². The quantitative estimate of drug-likeness (QED) is 0.846. The van der Waals surface area contributed by atoms with Crippen LogP contribution in [0.3, 0.4) is 0 Å². The van der Waals surface area contributed by atoms with Gasteiger partial charge in [-0.05, 0) is 38.3 Å². The maximum atomic E-state index is 11.4. The van der Waals surface area contributed by atoms with Crippen molar-refractivity contribution in [1.82, 2.24) is 15.5 Å². The van der Waals surface area contributed by atoms with Gasteiger partial charge in [-0.15, -0.1) is 11.3 Å². The number of piperidine rings is 1. The van der Waals surface area contributed by atoms with Crippen molar-refractivity contribution in [3.05, 3.63) is 21.9 Å². The van der Waals surface area contributed by atoms with Crippen LogP contribution in [0.25, 0.3) is 0 Å². The zero-order valence-electron chi connectivity index (χ0n) is 13.3. The molecule has 1 amide bonds. The summed E-state index contributed by atoms with van der Waals surface area (Å²) in [5, 5.41) is 6.43. The molecule has 1 unspecified atom stereocenters. The van der Waals surface area contributed by atoms with Crippen molar-refractivity contribution in [2.75, 3.05) is 26.7 Å². The van der Waals surface area contributed by atoms with E-state index >= 15 is 0 Å². The zero-order chi connectivity index (χ0) is 15.2. The van der Waals surface area contributed by atoms with Crippen LogP contribution < -0.4 is 10.6 Å². The molecule has 4 nitrogen and oxygen atoms in total. The predicted octanol–water partition coefficient (Wildman–Crippen LogP) is 2.17. The normalized spacial score (nSPS) is 18.6. The van der Waals surface area contributed by atoms with Crippen molar-refractivity contribution in [3.8, 4) is 0 Å². The van der Waals surface area contributed by atoms with Crippen molar-refractivity contribution >= 4 is 17.2 Å². The second kappa shape index (κ2) is 7.92. The third kappa shape index (κ3) is 4.80. The fraction of sp³-hybridized carbons (Fsp3) is 0.688. The number of rotatable bonds is 6. The van der Waals surface area contributed by atoms with Crippen LogP contribution in [-0.2, 0) is 11.2 Å². The smallest absolute Gasteiger partial charge is 0.233 e. The first-order valence-electron chi connectivity index (χ1n) is 7.90. The molecule has 118 valence electrons. The van der Waals surface area contributed by atoms with E-state index in [1.54, 1.807) is 7.05 Å².